The third kappa shape index (κ3) is 8.90. The molecular formula is C22H32N2O4S. The van der Waals surface area contributed by atoms with Gasteiger partial charge in [-0.1, -0.05) is 68.3 Å². The number of hydrogen-bond donors (Lipinski definition) is 2. The molecule has 0 aromatic heterocycles. The Bertz CT molecular complexity index is 668. The van der Waals surface area contributed by atoms with Crippen LogP contribution in [0.4, 0.5) is 4.79 Å². The van der Waals surface area contributed by atoms with Crippen molar-refractivity contribution in [3.05, 3.63) is 35.9 Å². The molecule has 1 aliphatic rings. The number of unbranched alkanes of at least 4 members (excludes halogenated alkanes) is 2. The molecule has 29 heavy (non-hydrogen) atoms. The lowest BCUT2D eigenvalue weighted by Crippen LogP contribution is -2.49. The molecule has 0 spiro atoms. The highest BCUT2D eigenvalue weighted by atomic mass is 32.2. The number of nitrogens with one attached hydrogen (secondary N) is 2. The number of amides is 2. The Labute approximate surface area is 177 Å². The zero-order valence-electron chi connectivity index (χ0n) is 17.3. The van der Waals surface area contributed by atoms with Crippen LogP contribution in [-0.4, -0.2) is 34.4 Å². The maximum absolute atomic E-state index is 12.8. The SMILES string of the molecule is CCCCC[C@H](NC(=O)OCc1ccccc1)C(=O)NC1CCC(SC(C)=O)C1. The minimum Gasteiger partial charge on any atom is -0.445 e. The molecule has 2 amide bonds. The molecule has 1 aliphatic carbocycles. The Morgan fingerprint density at radius 3 is 2.62 bits per heavy atom. The average Bonchev–Trinajstić information content (AvgIpc) is 3.12. The first-order chi connectivity index (χ1) is 14.0. The Hall–Kier alpha value is -2.02. The molecule has 6 nitrogen and oxygen atoms in total. The van der Waals surface area contributed by atoms with Crippen molar-refractivity contribution in [2.75, 3.05) is 0 Å². The average molecular weight is 421 g/mol. The van der Waals surface area contributed by atoms with E-state index in [4.69, 9.17) is 4.74 Å². The predicted octanol–water partition coefficient (Wildman–Crippen LogP) is 4.18. The van der Waals surface area contributed by atoms with Gasteiger partial charge in [0.1, 0.15) is 12.6 Å². The molecule has 1 aromatic rings. The van der Waals surface area contributed by atoms with E-state index in [1.54, 1.807) is 6.92 Å². The Balaban J connectivity index is 1.84. The van der Waals surface area contributed by atoms with E-state index in [9.17, 15) is 14.4 Å². The van der Waals surface area contributed by atoms with Crippen molar-refractivity contribution in [3.63, 3.8) is 0 Å². The maximum Gasteiger partial charge on any atom is 0.408 e. The second kappa shape index (κ2) is 12.5. The van der Waals surface area contributed by atoms with Gasteiger partial charge in [-0.05, 0) is 31.2 Å². The van der Waals surface area contributed by atoms with E-state index in [2.05, 4.69) is 17.6 Å². The van der Waals surface area contributed by atoms with Gasteiger partial charge in [0.05, 0.1) is 0 Å². The van der Waals surface area contributed by atoms with Crippen LogP contribution in [0.5, 0.6) is 0 Å². The van der Waals surface area contributed by atoms with Crippen LogP contribution in [0.2, 0.25) is 0 Å². The van der Waals surface area contributed by atoms with Gasteiger partial charge in [-0.25, -0.2) is 4.79 Å². The number of rotatable bonds is 10. The van der Waals surface area contributed by atoms with E-state index in [1.165, 1.54) is 11.8 Å². The van der Waals surface area contributed by atoms with Gasteiger partial charge in [-0.3, -0.25) is 9.59 Å². The van der Waals surface area contributed by atoms with Crippen molar-refractivity contribution < 1.29 is 19.1 Å². The van der Waals surface area contributed by atoms with Gasteiger partial charge in [0.25, 0.3) is 0 Å². The van der Waals surface area contributed by atoms with Gasteiger partial charge < -0.3 is 15.4 Å². The number of benzene rings is 1. The molecule has 0 heterocycles. The minimum atomic E-state index is -0.607. The fourth-order valence-electron chi connectivity index (χ4n) is 3.49. The van der Waals surface area contributed by atoms with Crippen molar-refractivity contribution in [1.29, 1.82) is 0 Å². The van der Waals surface area contributed by atoms with E-state index in [1.807, 2.05) is 30.3 Å². The molecule has 2 unspecified atom stereocenters. The Morgan fingerprint density at radius 1 is 1.17 bits per heavy atom. The lowest BCUT2D eigenvalue weighted by molar-refractivity contribution is -0.124. The standard InChI is InChI=1S/C22H32N2O4S/c1-3-4-6-11-20(24-22(27)28-15-17-9-7-5-8-10-17)21(26)23-18-12-13-19(14-18)29-16(2)25/h5,7-10,18-20H,3-4,6,11-15H2,1-2H3,(H,23,26)(H,24,27)/t18?,19?,20-/m0/s1. The van der Waals surface area contributed by atoms with Crippen molar-refractivity contribution in [2.45, 2.75) is 82.7 Å². The zero-order chi connectivity index (χ0) is 21.1. The van der Waals surface area contributed by atoms with Gasteiger partial charge in [0, 0.05) is 18.2 Å². The summed E-state index contributed by atoms with van der Waals surface area (Å²) in [6.07, 6.45) is 5.47. The Morgan fingerprint density at radius 2 is 1.93 bits per heavy atom. The van der Waals surface area contributed by atoms with Gasteiger partial charge in [0.2, 0.25) is 5.91 Å². The van der Waals surface area contributed by atoms with E-state index in [0.717, 1.165) is 44.1 Å². The fourth-order valence-corrected chi connectivity index (χ4v) is 4.54. The van der Waals surface area contributed by atoms with Crippen LogP contribution in [0, 0.1) is 0 Å². The third-order valence-electron chi connectivity index (χ3n) is 4.98. The first-order valence-corrected chi connectivity index (χ1v) is 11.3. The molecule has 7 heteroatoms. The molecule has 0 bridgehead atoms. The third-order valence-corrected chi connectivity index (χ3v) is 6.07. The molecule has 1 aromatic carbocycles. The maximum atomic E-state index is 12.8. The van der Waals surface area contributed by atoms with Crippen LogP contribution in [0.3, 0.4) is 0 Å². The van der Waals surface area contributed by atoms with Crippen LogP contribution < -0.4 is 10.6 Å². The zero-order valence-corrected chi connectivity index (χ0v) is 18.1. The summed E-state index contributed by atoms with van der Waals surface area (Å²) in [5, 5.41) is 6.16. The quantitative estimate of drug-likeness (QED) is 0.555. The van der Waals surface area contributed by atoms with Gasteiger partial charge >= 0.3 is 6.09 Å². The van der Waals surface area contributed by atoms with Crippen LogP contribution in [0.15, 0.2) is 30.3 Å². The van der Waals surface area contributed by atoms with Gasteiger partial charge in [-0.15, -0.1) is 0 Å². The summed E-state index contributed by atoms with van der Waals surface area (Å²) in [5.41, 5.74) is 0.898. The molecule has 0 radical (unpaired) electrons. The first-order valence-electron chi connectivity index (χ1n) is 10.4. The molecule has 1 fully saturated rings. The highest BCUT2D eigenvalue weighted by Gasteiger charge is 2.30. The lowest BCUT2D eigenvalue weighted by Gasteiger charge is -2.21. The Kier molecular flexibility index (Phi) is 10.0. The minimum absolute atomic E-state index is 0.0511. The molecule has 0 saturated heterocycles. The van der Waals surface area contributed by atoms with Crippen molar-refractivity contribution in [3.8, 4) is 0 Å². The van der Waals surface area contributed by atoms with E-state index in [-0.39, 0.29) is 28.9 Å². The van der Waals surface area contributed by atoms with Crippen molar-refractivity contribution in [1.82, 2.24) is 10.6 Å². The van der Waals surface area contributed by atoms with E-state index in [0.29, 0.717) is 6.42 Å². The second-order valence-electron chi connectivity index (χ2n) is 7.50. The molecule has 1 saturated carbocycles. The van der Waals surface area contributed by atoms with E-state index < -0.39 is 12.1 Å². The molecule has 2 rings (SSSR count). The summed E-state index contributed by atoms with van der Waals surface area (Å²) in [7, 11) is 0. The van der Waals surface area contributed by atoms with Gasteiger partial charge in [0.15, 0.2) is 5.12 Å². The summed E-state index contributed by atoms with van der Waals surface area (Å²) in [5.74, 6) is -0.170. The second-order valence-corrected chi connectivity index (χ2v) is 8.98. The summed E-state index contributed by atoms with van der Waals surface area (Å²) in [6, 6.07) is 8.88. The monoisotopic (exact) mass is 420 g/mol. The fraction of sp³-hybridized carbons (Fsp3) is 0.591. The largest absolute Gasteiger partial charge is 0.445 e. The topological polar surface area (TPSA) is 84.5 Å². The highest BCUT2D eigenvalue weighted by Crippen LogP contribution is 2.30. The lowest BCUT2D eigenvalue weighted by atomic mass is 10.1. The number of alkyl carbamates (subject to hydrolysis) is 1. The number of carbonyl (C=O) groups excluding carboxylic acids is 3. The predicted molar refractivity (Wildman–Crippen MR) is 116 cm³/mol. The van der Waals surface area contributed by atoms with Crippen LogP contribution in [0.25, 0.3) is 0 Å². The number of hydrogen-bond acceptors (Lipinski definition) is 5. The van der Waals surface area contributed by atoms with Crippen molar-refractivity contribution >= 4 is 28.9 Å². The van der Waals surface area contributed by atoms with Crippen LogP contribution in [-0.2, 0) is 20.9 Å². The summed E-state index contributed by atoms with van der Waals surface area (Å²) in [6.45, 7) is 3.84. The molecule has 0 aliphatic heterocycles. The molecule has 160 valence electrons. The number of thioether (sulfide) groups is 1. The summed E-state index contributed by atoms with van der Waals surface area (Å²) in [4.78, 5) is 36.3. The smallest absolute Gasteiger partial charge is 0.408 e. The van der Waals surface area contributed by atoms with Gasteiger partial charge in [-0.2, -0.15) is 0 Å². The summed E-state index contributed by atoms with van der Waals surface area (Å²) < 4.78 is 5.27. The highest BCUT2D eigenvalue weighted by molar-refractivity contribution is 8.14. The molecule has 3 atom stereocenters. The van der Waals surface area contributed by atoms with Crippen LogP contribution in [0.1, 0.15) is 64.4 Å². The summed E-state index contributed by atoms with van der Waals surface area (Å²) >= 11 is 1.35. The van der Waals surface area contributed by atoms with E-state index >= 15 is 0 Å². The number of carbonyl (C=O) groups is 3. The van der Waals surface area contributed by atoms with Crippen molar-refractivity contribution in [2.24, 2.45) is 0 Å². The normalized spacial score (nSPS) is 19.4. The molecular weight excluding hydrogens is 388 g/mol. The molecule has 2 N–H and O–H groups in total. The first kappa shape index (κ1) is 23.3. The number of ether oxygens (including phenoxy) is 1. The van der Waals surface area contributed by atoms with Crippen LogP contribution >= 0.6 is 11.8 Å².